The summed E-state index contributed by atoms with van der Waals surface area (Å²) in [4.78, 5) is 8.19. The lowest BCUT2D eigenvalue weighted by Crippen LogP contribution is -2.42. The number of aromatic nitrogens is 2. The lowest BCUT2D eigenvalue weighted by atomic mass is 9.75. The molecule has 17 heavy (non-hydrogen) atoms. The van der Waals surface area contributed by atoms with Gasteiger partial charge >= 0.3 is 0 Å². The summed E-state index contributed by atoms with van der Waals surface area (Å²) in [6.45, 7) is 3.07. The maximum atomic E-state index is 5.69. The summed E-state index contributed by atoms with van der Waals surface area (Å²) >= 11 is 0. The molecule has 94 valence electrons. The molecular weight excluding hydrogens is 214 g/mol. The van der Waals surface area contributed by atoms with E-state index in [0.717, 1.165) is 18.5 Å². The van der Waals surface area contributed by atoms with Crippen molar-refractivity contribution in [2.75, 3.05) is 13.7 Å². The summed E-state index contributed by atoms with van der Waals surface area (Å²) in [5, 5.41) is 3.50. The zero-order chi connectivity index (χ0) is 12.1. The number of hydrogen-bond acceptors (Lipinski definition) is 4. The first-order valence-corrected chi connectivity index (χ1v) is 6.33. The molecule has 4 nitrogen and oxygen atoms in total. The van der Waals surface area contributed by atoms with Crippen molar-refractivity contribution in [2.24, 2.45) is 0 Å². The molecule has 0 aromatic carbocycles. The molecule has 1 fully saturated rings. The molecule has 1 atom stereocenters. The number of nitrogens with zero attached hydrogens (tertiary/aromatic N) is 2. The quantitative estimate of drug-likeness (QED) is 0.820. The van der Waals surface area contributed by atoms with Crippen molar-refractivity contribution in [1.29, 1.82) is 0 Å². The van der Waals surface area contributed by atoms with Crippen LogP contribution in [0.5, 0.6) is 0 Å². The first-order chi connectivity index (χ1) is 8.29. The minimum atomic E-state index is 0.0721. The van der Waals surface area contributed by atoms with Gasteiger partial charge in [-0.1, -0.05) is 6.92 Å². The molecule has 0 radical (unpaired) electrons. The smallest absolute Gasteiger partial charge is 0.115 e. The van der Waals surface area contributed by atoms with Gasteiger partial charge in [-0.05, 0) is 32.2 Å². The second-order valence-electron chi connectivity index (χ2n) is 4.73. The van der Waals surface area contributed by atoms with E-state index >= 15 is 0 Å². The van der Waals surface area contributed by atoms with Gasteiger partial charge in [-0.3, -0.25) is 0 Å². The van der Waals surface area contributed by atoms with Crippen LogP contribution in [0.15, 0.2) is 18.7 Å². The van der Waals surface area contributed by atoms with Crippen molar-refractivity contribution in [1.82, 2.24) is 15.3 Å². The lowest BCUT2D eigenvalue weighted by Gasteiger charge is -2.43. The van der Waals surface area contributed by atoms with E-state index in [1.165, 1.54) is 19.3 Å². The molecule has 1 aliphatic rings. The van der Waals surface area contributed by atoms with Crippen LogP contribution in [0.25, 0.3) is 0 Å². The third kappa shape index (κ3) is 2.82. The van der Waals surface area contributed by atoms with Gasteiger partial charge in [0.05, 0.1) is 5.60 Å². The molecule has 1 N–H and O–H groups in total. The molecule has 1 heterocycles. The van der Waals surface area contributed by atoms with Crippen LogP contribution in [-0.4, -0.2) is 29.2 Å². The number of hydrogen-bond donors (Lipinski definition) is 1. The minimum absolute atomic E-state index is 0.0721. The van der Waals surface area contributed by atoms with E-state index in [0.29, 0.717) is 6.04 Å². The Labute approximate surface area is 103 Å². The molecule has 0 saturated heterocycles. The van der Waals surface area contributed by atoms with Crippen molar-refractivity contribution < 1.29 is 4.74 Å². The number of methoxy groups -OCH3 is 1. The van der Waals surface area contributed by atoms with Crippen molar-refractivity contribution >= 4 is 0 Å². The van der Waals surface area contributed by atoms with Crippen LogP contribution in [0.4, 0.5) is 0 Å². The predicted octanol–water partition coefficient (Wildman–Crippen LogP) is 2.09. The summed E-state index contributed by atoms with van der Waals surface area (Å²) in [6, 6.07) is 0.293. The number of ether oxygens (including phenoxy) is 1. The fourth-order valence-corrected chi connectivity index (χ4v) is 2.48. The maximum absolute atomic E-state index is 5.69. The van der Waals surface area contributed by atoms with Gasteiger partial charge in [0.15, 0.2) is 0 Å². The van der Waals surface area contributed by atoms with E-state index in [-0.39, 0.29) is 5.60 Å². The monoisotopic (exact) mass is 235 g/mol. The highest BCUT2D eigenvalue weighted by Crippen LogP contribution is 2.41. The highest BCUT2D eigenvalue weighted by molar-refractivity contribution is 5.11. The molecule has 0 spiro atoms. The van der Waals surface area contributed by atoms with Gasteiger partial charge in [0.1, 0.15) is 6.33 Å². The fraction of sp³-hybridized carbons (Fsp3) is 0.692. The van der Waals surface area contributed by atoms with Crippen molar-refractivity contribution in [3.8, 4) is 0 Å². The van der Waals surface area contributed by atoms with Crippen LogP contribution in [-0.2, 0) is 4.74 Å². The number of rotatable bonds is 6. The molecule has 0 amide bonds. The van der Waals surface area contributed by atoms with Crippen LogP contribution in [0.2, 0.25) is 0 Å². The molecule has 1 saturated carbocycles. The predicted molar refractivity (Wildman–Crippen MR) is 66.7 cm³/mol. The van der Waals surface area contributed by atoms with Crippen LogP contribution in [0.3, 0.4) is 0 Å². The Balaban J connectivity index is 2.07. The van der Waals surface area contributed by atoms with Gasteiger partial charge in [0.2, 0.25) is 0 Å². The van der Waals surface area contributed by atoms with Crippen molar-refractivity contribution in [3.63, 3.8) is 0 Å². The average Bonchev–Trinajstić information content (AvgIpc) is 2.33. The molecule has 0 aliphatic heterocycles. The van der Waals surface area contributed by atoms with Crippen molar-refractivity contribution in [2.45, 2.75) is 44.2 Å². The Morgan fingerprint density at radius 3 is 2.59 bits per heavy atom. The van der Waals surface area contributed by atoms with E-state index in [4.69, 9.17) is 4.74 Å². The Morgan fingerprint density at radius 2 is 2.12 bits per heavy atom. The molecule has 1 unspecified atom stereocenters. The van der Waals surface area contributed by atoms with Gasteiger partial charge in [-0.25, -0.2) is 9.97 Å². The van der Waals surface area contributed by atoms with Gasteiger partial charge in [-0.2, -0.15) is 0 Å². The average molecular weight is 235 g/mol. The Morgan fingerprint density at radius 1 is 1.41 bits per heavy atom. The SMILES string of the molecule is CCNC(CC1(OC)CCC1)c1cncnc1. The third-order valence-corrected chi connectivity index (χ3v) is 3.71. The van der Waals surface area contributed by atoms with Crippen molar-refractivity contribution in [3.05, 3.63) is 24.3 Å². The zero-order valence-corrected chi connectivity index (χ0v) is 10.6. The second kappa shape index (κ2) is 5.56. The minimum Gasteiger partial charge on any atom is -0.378 e. The fourth-order valence-electron chi connectivity index (χ4n) is 2.48. The van der Waals surface area contributed by atoms with E-state index in [1.54, 1.807) is 6.33 Å². The molecule has 1 aromatic heterocycles. The molecule has 1 aromatic rings. The van der Waals surface area contributed by atoms with Gasteiger partial charge in [0.25, 0.3) is 0 Å². The summed E-state index contributed by atoms with van der Waals surface area (Å²) in [6.07, 6.45) is 9.97. The summed E-state index contributed by atoms with van der Waals surface area (Å²) in [7, 11) is 1.82. The van der Waals surface area contributed by atoms with Crippen LogP contribution in [0, 0.1) is 0 Å². The summed E-state index contributed by atoms with van der Waals surface area (Å²) in [5.74, 6) is 0. The third-order valence-electron chi connectivity index (χ3n) is 3.71. The lowest BCUT2D eigenvalue weighted by molar-refractivity contribution is -0.0837. The number of nitrogens with one attached hydrogen (secondary N) is 1. The van der Waals surface area contributed by atoms with E-state index < -0.39 is 0 Å². The van der Waals surface area contributed by atoms with E-state index in [2.05, 4.69) is 22.2 Å². The van der Waals surface area contributed by atoms with Gasteiger partial charge in [-0.15, -0.1) is 0 Å². The van der Waals surface area contributed by atoms with Gasteiger partial charge < -0.3 is 10.1 Å². The van der Waals surface area contributed by atoms with Crippen LogP contribution in [0.1, 0.15) is 44.2 Å². The Kier molecular flexibility index (Phi) is 4.07. The molecule has 4 heteroatoms. The largest absolute Gasteiger partial charge is 0.378 e. The second-order valence-corrected chi connectivity index (χ2v) is 4.73. The summed E-state index contributed by atoms with van der Waals surface area (Å²) in [5.41, 5.74) is 1.22. The molecule has 2 rings (SSSR count). The summed E-state index contributed by atoms with van der Waals surface area (Å²) < 4.78 is 5.69. The first kappa shape index (κ1) is 12.5. The Bertz CT molecular complexity index is 332. The van der Waals surface area contributed by atoms with Crippen LogP contribution >= 0.6 is 0 Å². The Hall–Kier alpha value is -1.00. The normalized spacial score (nSPS) is 19.6. The van der Waals surface area contributed by atoms with E-state index in [9.17, 15) is 0 Å². The zero-order valence-electron chi connectivity index (χ0n) is 10.6. The molecule has 0 bridgehead atoms. The van der Waals surface area contributed by atoms with Gasteiger partial charge in [0, 0.05) is 31.1 Å². The standard InChI is InChI=1S/C13H21N3O/c1-3-16-12(11-8-14-10-15-9-11)7-13(17-2)5-4-6-13/h8-10,12,16H,3-7H2,1-2H3. The highest BCUT2D eigenvalue weighted by atomic mass is 16.5. The molecular formula is C13H21N3O. The first-order valence-electron chi connectivity index (χ1n) is 6.33. The highest BCUT2D eigenvalue weighted by Gasteiger charge is 2.39. The maximum Gasteiger partial charge on any atom is 0.115 e. The van der Waals surface area contributed by atoms with Crippen LogP contribution < -0.4 is 5.32 Å². The molecule has 1 aliphatic carbocycles. The topological polar surface area (TPSA) is 47.0 Å². The van der Waals surface area contributed by atoms with E-state index in [1.807, 2.05) is 19.5 Å².